The molecule has 0 spiro atoms. The Morgan fingerprint density at radius 2 is 1.92 bits per heavy atom. The van der Waals surface area contributed by atoms with E-state index in [0.717, 1.165) is 6.07 Å². The molecule has 0 fully saturated rings. The first-order chi connectivity index (χ1) is 11.8. The van der Waals surface area contributed by atoms with Gasteiger partial charge in [0.15, 0.2) is 0 Å². The van der Waals surface area contributed by atoms with Gasteiger partial charge in [0.05, 0.1) is 12.1 Å². The lowest BCUT2D eigenvalue weighted by molar-refractivity contribution is 0.0959. The Morgan fingerprint density at radius 3 is 2.56 bits per heavy atom. The average Bonchev–Trinajstić information content (AvgIpc) is 2.60. The van der Waals surface area contributed by atoms with Gasteiger partial charge in [0.2, 0.25) is 5.88 Å². The Kier molecular flexibility index (Phi) is 5.60. The predicted molar refractivity (Wildman–Crippen MR) is 90.3 cm³/mol. The normalized spacial score (nSPS) is 10.8. The van der Waals surface area contributed by atoms with E-state index < -0.39 is 26.7 Å². The molecule has 2 rings (SSSR count). The number of aromatic nitrogens is 1. The van der Waals surface area contributed by atoms with Crippen LogP contribution in [0.1, 0.15) is 20.7 Å². The van der Waals surface area contributed by atoms with E-state index in [4.69, 9.17) is 16.3 Å². The van der Waals surface area contributed by atoms with Gasteiger partial charge in [0.25, 0.3) is 21.8 Å². The van der Waals surface area contributed by atoms with Crippen LogP contribution in [0.25, 0.3) is 0 Å². The summed E-state index contributed by atoms with van der Waals surface area (Å²) in [5, 5.41) is 2.24. The molecule has 0 saturated heterocycles. The van der Waals surface area contributed by atoms with Gasteiger partial charge in [0, 0.05) is 18.8 Å². The predicted octanol–water partition coefficient (Wildman–Crippen LogP) is 1.22. The fourth-order valence-corrected chi connectivity index (χ4v) is 3.45. The van der Waals surface area contributed by atoms with Crippen LogP contribution >= 0.6 is 11.6 Å². The number of hydrogen-bond donors (Lipinski definition) is 2. The number of hydrogen-bond acceptors (Lipinski definition) is 6. The summed E-state index contributed by atoms with van der Waals surface area (Å²) in [6, 6.07) is 6.53. The topological polar surface area (TPSA) is 114 Å². The zero-order valence-corrected chi connectivity index (χ0v) is 14.8. The molecule has 2 N–H and O–H groups in total. The van der Waals surface area contributed by atoms with Gasteiger partial charge in [-0.05, 0) is 30.3 Å². The van der Waals surface area contributed by atoms with Crippen molar-refractivity contribution < 1.29 is 22.7 Å². The van der Waals surface area contributed by atoms with E-state index in [-0.39, 0.29) is 22.0 Å². The molecule has 0 aliphatic carbocycles. The van der Waals surface area contributed by atoms with Crippen molar-refractivity contribution in [3.63, 3.8) is 0 Å². The Hall–Kier alpha value is -2.65. The van der Waals surface area contributed by atoms with Crippen LogP contribution in [-0.4, -0.2) is 39.4 Å². The quantitative estimate of drug-likeness (QED) is 0.802. The Labute approximate surface area is 149 Å². The van der Waals surface area contributed by atoms with E-state index in [1.165, 1.54) is 44.6 Å². The highest BCUT2D eigenvalue weighted by atomic mass is 35.5. The van der Waals surface area contributed by atoms with Crippen molar-refractivity contribution in [3.05, 3.63) is 52.7 Å². The highest BCUT2D eigenvalue weighted by Gasteiger charge is 2.24. The second-order valence-corrected chi connectivity index (χ2v) is 6.78. The van der Waals surface area contributed by atoms with Gasteiger partial charge in [-0.1, -0.05) is 11.6 Å². The molecule has 0 bridgehead atoms. The summed E-state index contributed by atoms with van der Waals surface area (Å²) in [5.41, 5.74) is 0.0193. The number of amides is 2. The van der Waals surface area contributed by atoms with Crippen molar-refractivity contribution in [3.8, 4) is 5.88 Å². The van der Waals surface area contributed by atoms with Gasteiger partial charge >= 0.3 is 0 Å². The maximum Gasteiger partial charge on any atom is 0.270 e. The number of carbonyl (C=O) groups is 2. The monoisotopic (exact) mass is 383 g/mol. The van der Waals surface area contributed by atoms with E-state index in [9.17, 15) is 18.0 Å². The van der Waals surface area contributed by atoms with Crippen molar-refractivity contribution >= 4 is 33.4 Å². The second-order valence-electron chi connectivity index (χ2n) is 4.72. The van der Waals surface area contributed by atoms with E-state index >= 15 is 0 Å². The summed E-state index contributed by atoms with van der Waals surface area (Å²) in [5.74, 6) is -1.46. The lowest BCUT2D eigenvalue weighted by Gasteiger charge is -2.11. The molecule has 2 amide bonds. The summed E-state index contributed by atoms with van der Waals surface area (Å²) in [4.78, 5) is 27.4. The minimum atomic E-state index is -4.32. The van der Waals surface area contributed by atoms with Crippen molar-refractivity contribution in [1.29, 1.82) is 0 Å². The summed E-state index contributed by atoms with van der Waals surface area (Å²) in [6.45, 7) is 0. The van der Waals surface area contributed by atoms with E-state index in [2.05, 4.69) is 10.3 Å². The lowest BCUT2D eigenvalue weighted by atomic mass is 10.2. The largest absolute Gasteiger partial charge is 0.480 e. The highest BCUT2D eigenvalue weighted by Crippen LogP contribution is 2.23. The third-order valence-electron chi connectivity index (χ3n) is 3.15. The van der Waals surface area contributed by atoms with Crippen LogP contribution in [0.4, 0.5) is 0 Å². The molecule has 0 unspecified atom stereocenters. The number of pyridine rings is 1. The Balaban J connectivity index is 2.39. The van der Waals surface area contributed by atoms with E-state index in [1.807, 2.05) is 4.72 Å². The molecule has 8 nitrogen and oxygen atoms in total. The highest BCUT2D eigenvalue weighted by molar-refractivity contribution is 7.90. The standard InChI is InChI=1S/C15H14ClN3O5S/c1-17-13(20)9-5-6-11(16)12(8-9)25(22,23)19-14(21)10-4-3-7-18-15(10)24-2/h3-8H,1-2H3,(H,17,20)(H,19,21). The minimum Gasteiger partial charge on any atom is -0.480 e. The number of nitrogens with zero attached hydrogens (tertiary/aromatic N) is 1. The molecule has 132 valence electrons. The molecule has 0 aliphatic rings. The molecule has 1 heterocycles. The molecule has 0 aliphatic heterocycles. The minimum absolute atomic E-state index is 0.0274. The molecule has 0 saturated carbocycles. The number of ether oxygens (including phenoxy) is 1. The lowest BCUT2D eigenvalue weighted by Crippen LogP contribution is -2.31. The molecule has 10 heteroatoms. The summed E-state index contributed by atoms with van der Waals surface area (Å²) in [6.07, 6.45) is 1.40. The number of carbonyl (C=O) groups excluding carboxylic acids is 2. The van der Waals surface area contributed by atoms with Crippen molar-refractivity contribution in [2.45, 2.75) is 4.90 Å². The number of methoxy groups -OCH3 is 1. The van der Waals surface area contributed by atoms with Crippen LogP contribution in [0.3, 0.4) is 0 Å². The first kappa shape index (κ1) is 18.7. The molecule has 25 heavy (non-hydrogen) atoms. The smallest absolute Gasteiger partial charge is 0.270 e. The van der Waals surface area contributed by atoms with Gasteiger partial charge in [-0.2, -0.15) is 0 Å². The van der Waals surface area contributed by atoms with Crippen LogP contribution in [0.15, 0.2) is 41.4 Å². The third-order valence-corrected chi connectivity index (χ3v) is 4.96. The molecule has 0 radical (unpaired) electrons. The number of sulfonamides is 1. The van der Waals surface area contributed by atoms with Crippen LogP contribution in [0.2, 0.25) is 5.02 Å². The number of nitrogens with one attached hydrogen (secondary N) is 2. The van der Waals surface area contributed by atoms with Gasteiger partial charge in [-0.3, -0.25) is 9.59 Å². The van der Waals surface area contributed by atoms with E-state index in [1.54, 1.807) is 0 Å². The van der Waals surface area contributed by atoms with Gasteiger partial charge in [0.1, 0.15) is 10.5 Å². The van der Waals surface area contributed by atoms with Crippen LogP contribution < -0.4 is 14.8 Å². The third kappa shape index (κ3) is 4.06. The Bertz CT molecular complexity index is 931. The first-order valence-electron chi connectivity index (χ1n) is 6.88. The maximum absolute atomic E-state index is 12.5. The van der Waals surface area contributed by atoms with Gasteiger partial charge < -0.3 is 10.1 Å². The molecule has 1 aromatic heterocycles. The number of halogens is 1. The van der Waals surface area contributed by atoms with Crippen LogP contribution in [-0.2, 0) is 10.0 Å². The SMILES string of the molecule is CNC(=O)c1ccc(Cl)c(S(=O)(=O)NC(=O)c2cccnc2OC)c1. The molecule has 2 aromatic rings. The summed E-state index contributed by atoms with van der Waals surface area (Å²) in [7, 11) is -1.62. The average molecular weight is 384 g/mol. The van der Waals surface area contributed by atoms with Gasteiger partial charge in [-0.25, -0.2) is 18.1 Å². The zero-order valence-electron chi connectivity index (χ0n) is 13.2. The second kappa shape index (κ2) is 7.49. The number of benzene rings is 1. The maximum atomic E-state index is 12.5. The fraction of sp³-hybridized carbons (Fsp3) is 0.133. The zero-order chi connectivity index (χ0) is 18.6. The molecule has 0 atom stereocenters. The fourth-order valence-electron chi connectivity index (χ4n) is 1.95. The van der Waals surface area contributed by atoms with Crippen LogP contribution in [0.5, 0.6) is 5.88 Å². The summed E-state index contributed by atoms with van der Waals surface area (Å²) < 4.78 is 31.8. The number of rotatable bonds is 5. The van der Waals surface area contributed by atoms with Crippen molar-refractivity contribution in [2.24, 2.45) is 0 Å². The molecular weight excluding hydrogens is 370 g/mol. The van der Waals surface area contributed by atoms with Crippen LogP contribution in [0, 0.1) is 0 Å². The van der Waals surface area contributed by atoms with Crippen molar-refractivity contribution in [1.82, 2.24) is 15.0 Å². The van der Waals surface area contributed by atoms with Crippen molar-refractivity contribution in [2.75, 3.05) is 14.2 Å². The van der Waals surface area contributed by atoms with Gasteiger partial charge in [-0.15, -0.1) is 0 Å². The molecular formula is C15H14ClN3O5S. The first-order valence-corrected chi connectivity index (χ1v) is 8.74. The molecule has 1 aromatic carbocycles. The Morgan fingerprint density at radius 1 is 1.20 bits per heavy atom. The summed E-state index contributed by atoms with van der Waals surface area (Å²) >= 11 is 5.92. The van der Waals surface area contributed by atoms with E-state index in [0.29, 0.717) is 0 Å².